The molecule has 3 aromatic rings. The normalized spacial score (nSPS) is 11.6. The highest BCUT2D eigenvalue weighted by Gasteiger charge is 2.13. The first-order valence-corrected chi connectivity index (χ1v) is 9.32. The molecule has 1 aromatic heterocycles. The van der Waals surface area contributed by atoms with Gasteiger partial charge in [-0.1, -0.05) is 41.9 Å². The van der Waals surface area contributed by atoms with Crippen molar-refractivity contribution in [1.82, 2.24) is 4.98 Å². The molecule has 0 aliphatic heterocycles. The van der Waals surface area contributed by atoms with E-state index in [2.05, 4.69) is 45.0 Å². The van der Waals surface area contributed by atoms with Crippen LogP contribution in [0.25, 0.3) is 10.9 Å². The van der Waals surface area contributed by atoms with Crippen LogP contribution < -0.4 is 4.74 Å². The lowest BCUT2D eigenvalue weighted by atomic mass is 10.0. The van der Waals surface area contributed by atoms with Crippen LogP contribution in [0, 0.1) is 6.92 Å². The van der Waals surface area contributed by atoms with E-state index < -0.39 is 5.91 Å². The van der Waals surface area contributed by atoms with Gasteiger partial charge in [0.05, 0.1) is 5.52 Å². The number of amides is 1. The lowest BCUT2D eigenvalue weighted by molar-refractivity contribution is -0.120. The zero-order valence-corrected chi connectivity index (χ0v) is 16.9. The number of H-pyrrole nitrogens is 1. The summed E-state index contributed by atoms with van der Waals surface area (Å²) in [5.74, 6) is 0.280. The van der Waals surface area contributed by atoms with Gasteiger partial charge in [-0.05, 0) is 48.2 Å². The fourth-order valence-electron chi connectivity index (χ4n) is 2.75. The Hall–Kier alpha value is -2.67. The van der Waals surface area contributed by atoms with E-state index in [4.69, 9.17) is 4.74 Å². The van der Waals surface area contributed by atoms with E-state index >= 15 is 0 Å². The molecule has 27 heavy (non-hydrogen) atoms. The predicted molar refractivity (Wildman–Crippen MR) is 108 cm³/mol. The van der Waals surface area contributed by atoms with Crippen molar-refractivity contribution in [2.45, 2.75) is 26.7 Å². The second-order valence-electron chi connectivity index (χ2n) is 6.59. The standard InChI is InChI=1S/C20H20BrN3O3/c1-11(2)14-6-4-12(3)8-17(14)27-10-18(25)23-24-19-15-9-13(21)5-7-16(15)22-20(19)26/h4-9,11,22,26H,10H2,1-3H3. The molecule has 140 valence electrons. The van der Waals surface area contributed by atoms with Crippen LogP contribution in [0.5, 0.6) is 11.6 Å². The quantitative estimate of drug-likeness (QED) is 0.505. The van der Waals surface area contributed by atoms with Crippen molar-refractivity contribution >= 4 is 38.4 Å². The van der Waals surface area contributed by atoms with E-state index in [9.17, 15) is 9.90 Å². The molecule has 6 nitrogen and oxygen atoms in total. The molecule has 0 fully saturated rings. The van der Waals surface area contributed by atoms with Gasteiger partial charge in [0.2, 0.25) is 5.88 Å². The van der Waals surface area contributed by atoms with Gasteiger partial charge < -0.3 is 14.8 Å². The summed E-state index contributed by atoms with van der Waals surface area (Å²) in [6.07, 6.45) is 0. The summed E-state index contributed by atoms with van der Waals surface area (Å²) in [5.41, 5.74) is 3.01. The lowest BCUT2D eigenvalue weighted by Gasteiger charge is -2.13. The molecule has 1 heterocycles. The molecule has 2 N–H and O–H groups in total. The number of azo groups is 1. The molecular weight excluding hydrogens is 410 g/mol. The van der Waals surface area contributed by atoms with Crippen molar-refractivity contribution in [3.63, 3.8) is 0 Å². The average molecular weight is 430 g/mol. The van der Waals surface area contributed by atoms with Crippen molar-refractivity contribution in [3.05, 3.63) is 52.0 Å². The molecule has 0 saturated carbocycles. The zero-order valence-electron chi connectivity index (χ0n) is 15.3. The topological polar surface area (TPSA) is 87.0 Å². The second kappa shape index (κ2) is 7.92. The van der Waals surface area contributed by atoms with Crippen LogP contribution in [0.3, 0.4) is 0 Å². The van der Waals surface area contributed by atoms with Gasteiger partial charge in [-0.25, -0.2) is 0 Å². The number of carbonyl (C=O) groups excluding carboxylic acids is 1. The lowest BCUT2D eigenvalue weighted by Crippen LogP contribution is -2.09. The predicted octanol–water partition coefficient (Wildman–Crippen LogP) is 5.76. The monoisotopic (exact) mass is 429 g/mol. The Balaban J connectivity index is 1.75. The first-order valence-electron chi connectivity index (χ1n) is 8.53. The Labute approximate surface area is 165 Å². The molecular formula is C20H20BrN3O3. The van der Waals surface area contributed by atoms with E-state index in [1.165, 1.54) is 0 Å². The van der Waals surface area contributed by atoms with Crippen LogP contribution in [0.2, 0.25) is 0 Å². The molecule has 0 radical (unpaired) electrons. The summed E-state index contributed by atoms with van der Waals surface area (Å²) in [6, 6.07) is 11.4. The van der Waals surface area contributed by atoms with Gasteiger partial charge in [-0.15, -0.1) is 10.2 Å². The molecule has 0 spiro atoms. The number of hydrogen-bond donors (Lipinski definition) is 2. The largest absolute Gasteiger partial charge is 0.493 e. The minimum atomic E-state index is -0.532. The molecule has 0 aliphatic rings. The van der Waals surface area contributed by atoms with E-state index in [0.29, 0.717) is 16.7 Å². The highest BCUT2D eigenvalue weighted by Crippen LogP contribution is 2.36. The van der Waals surface area contributed by atoms with Crippen molar-refractivity contribution < 1.29 is 14.6 Å². The van der Waals surface area contributed by atoms with Crippen molar-refractivity contribution in [3.8, 4) is 11.6 Å². The van der Waals surface area contributed by atoms with Crippen LogP contribution in [0.15, 0.2) is 51.1 Å². The summed E-state index contributed by atoms with van der Waals surface area (Å²) >= 11 is 3.38. The van der Waals surface area contributed by atoms with Gasteiger partial charge in [0.25, 0.3) is 0 Å². The molecule has 0 aliphatic carbocycles. The van der Waals surface area contributed by atoms with Crippen LogP contribution in [0.1, 0.15) is 30.9 Å². The van der Waals surface area contributed by atoms with E-state index in [-0.39, 0.29) is 24.1 Å². The number of benzene rings is 2. The molecule has 0 unspecified atom stereocenters. The van der Waals surface area contributed by atoms with E-state index in [1.807, 2.05) is 31.2 Å². The van der Waals surface area contributed by atoms with Crippen LogP contribution in [0.4, 0.5) is 5.69 Å². The fourth-order valence-corrected chi connectivity index (χ4v) is 3.12. The van der Waals surface area contributed by atoms with Crippen LogP contribution in [-0.2, 0) is 4.79 Å². The maximum atomic E-state index is 12.1. The van der Waals surface area contributed by atoms with Gasteiger partial charge in [0.1, 0.15) is 5.75 Å². The number of aromatic nitrogens is 1. The van der Waals surface area contributed by atoms with Gasteiger partial charge in [-0.3, -0.25) is 4.79 Å². The van der Waals surface area contributed by atoms with Crippen molar-refractivity contribution in [1.29, 1.82) is 0 Å². The van der Waals surface area contributed by atoms with Gasteiger partial charge >= 0.3 is 5.91 Å². The second-order valence-corrected chi connectivity index (χ2v) is 7.51. The van der Waals surface area contributed by atoms with Gasteiger partial charge in [-0.2, -0.15) is 0 Å². The molecule has 0 bridgehead atoms. The third-order valence-corrected chi connectivity index (χ3v) is 4.61. The molecule has 3 rings (SSSR count). The summed E-state index contributed by atoms with van der Waals surface area (Å²) in [5, 5.41) is 18.3. The maximum Gasteiger partial charge on any atom is 0.302 e. The minimum Gasteiger partial charge on any atom is -0.493 e. The molecule has 2 aromatic carbocycles. The highest BCUT2D eigenvalue weighted by atomic mass is 79.9. The minimum absolute atomic E-state index is 0.138. The Bertz CT molecular complexity index is 1020. The van der Waals surface area contributed by atoms with Crippen LogP contribution in [-0.4, -0.2) is 22.6 Å². The smallest absolute Gasteiger partial charge is 0.302 e. The maximum absolute atomic E-state index is 12.1. The fraction of sp³-hybridized carbons (Fsp3) is 0.250. The van der Waals surface area contributed by atoms with Crippen molar-refractivity contribution in [2.24, 2.45) is 10.2 Å². The van der Waals surface area contributed by atoms with Crippen molar-refractivity contribution in [2.75, 3.05) is 6.61 Å². The Morgan fingerprint density at radius 2 is 2.04 bits per heavy atom. The number of aromatic amines is 1. The number of halogens is 1. The number of ether oxygens (including phenoxy) is 1. The third kappa shape index (κ3) is 4.36. The Morgan fingerprint density at radius 1 is 1.26 bits per heavy atom. The number of carbonyl (C=O) groups is 1. The Kier molecular flexibility index (Phi) is 5.60. The first-order chi connectivity index (χ1) is 12.8. The number of nitrogens with zero attached hydrogens (tertiary/aromatic N) is 2. The molecule has 0 atom stereocenters. The summed E-state index contributed by atoms with van der Waals surface area (Å²) in [7, 11) is 0. The zero-order chi connectivity index (χ0) is 19.6. The number of nitrogens with one attached hydrogen (secondary N) is 1. The Morgan fingerprint density at radius 3 is 2.78 bits per heavy atom. The number of fused-ring (bicyclic) bond motifs is 1. The number of hydrogen-bond acceptors (Lipinski definition) is 4. The SMILES string of the molecule is Cc1ccc(C(C)C)c(OCC(=O)N=Nc2c(O)[nH]c3ccc(Br)cc23)c1. The van der Waals surface area contributed by atoms with Crippen LogP contribution >= 0.6 is 15.9 Å². The summed E-state index contributed by atoms with van der Waals surface area (Å²) in [6.45, 7) is 5.88. The number of aromatic hydroxyl groups is 1. The summed E-state index contributed by atoms with van der Waals surface area (Å²) < 4.78 is 6.50. The molecule has 1 amide bonds. The highest BCUT2D eigenvalue weighted by molar-refractivity contribution is 9.10. The first kappa shape index (κ1) is 19.1. The third-order valence-electron chi connectivity index (χ3n) is 4.12. The number of aryl methyl sites for hydroxylation is 1. The average Bonchev–Trinajstić information content (AvgIpc) is 2.92. The number of rotatable bonds is 5. The molecule has 0 saturated heterocycles. The summed E-state index contributed by atoms with van der Waals surface area (Å²) in [4.78, 5) is 14.9. The molecule has 7 heteroatoms. The van der Waals surface area contributed by atoms with E-state index in [0.717, 1.165) is 15.6 Å². The van der Waals surface area contributed by atoms with Gasteiger partial charge in [0, 0.05) is 9.86 Å². The van der Waals surface area contributed by atoms with E-state index in [1.54, 1.807) is 12.1 Å². The van der Waals surface area contributed by atoms with Gasteiger partial charge in [0.15, 0.2) is 12.3 Å².